The third-order valence-corrected chi connectivity index (χ3v) is 2.49. The zero-order valence-electron chi connectivity index (χ0n) is 9.90. The van der Waals surface area contributed by atoms with Crippen molar-refractivity contribution in [2.24, 2.45) is 0 Å². The predicted molar refractivity (Wildman–Crippen MR) is 62.6 cm³/mol. The summed E-state index contributed by atoms with van der Waals surface area (Å²) in [5.41, 5.74) is 1.66. The summed E-state index contributed by atoms with van der Waals surface area (Å²) in [7, 11) is 3.28. The van der Waals surface area contributed by atoms with Crippen LogP contribution in [0.5, 0.6) is 5.75 Å². The fraction of sp³-hybridized carbons (Fsp3) is 0.500. The number of ether oxygens (including phenoxy) is 1. The molecule has 0 heterocycles. The highest BCUT2D eigenvalue weighted by Crippen LogP contribution is 2.28. The average molecular weight is 225 g/mol. The summed E-state index contributed by atoms with van der Waals surface area (Å²) in [5, 5.41) is 22.5. The van der Waals surface area contributed by atoms with E-state index in [9.17, 15) is 10.2 Å². The predicted octanol–water partition coefficient (Wildman–Crippen LogP) is 0.617. The van der Waals surface area contributed by atoms with Gasteiger partial charge in [0.2, 0.25) is 0 Å². The Morgan fingerprint density at radius 2 is 2.06 bits per heavy atom. The molecule has 1 aromatic carbocycles. The van der Waals surface area contributed by atoms with Crippen molar-refractivity contribution in [3.63, 3.8) is 0 Å². The van der Waals surface area contributed by atoms with E-state index in [-0.39, 0.29) is 0 Å². The van der Waals surface area contributed by atoms with E-state index < -0.39 is 12.2 Å². The Balaban J connectivity index is 2.93. The van der Waals surface area contributed by atoms with E-state index in [1.54, 1.807) is 20.2 Å². The van der Waals surface area contributed by atoms with Crippen LogP contribution in [0.4, 0.5) is 0 Å². The summed E-state index contributed by atoms with van der Waals surface area (Å²) in [4.78, 5) is 0. The summed E-state index contributed by atoms with van der Waals surface area (Å²) in [6, 6.07) is 5.50. The molecule has 0 bridgehead atoms. The van der Waals surface area contributed by atoms with Gasteiger partial charge in [0.15, 0.2) is 0 Å². The standard InChI is InChI=1S/C12H19NO3/c1-8-4-5-9(11(6-8)16-3)12(15)10(14)7-13-2/h4-6,10,12-15H,7H2,1-3H3. The lowest BCUT2D eigenvalue weighted by Gasteiger charge is -2.20. The number of hydrogen-bond acceptors (Lipinski definition) is 4. The second kappa shape index (κ2) is 5.84. The van der Waals surface area contributed by atoms with Gasteiger partial charge in [0.05, 0.1) is 13.2 Å². The van der Waals surface area contributed by atoms with Crippen LogP contribution in [0.15, 0.2) is 18.2 Å². The molecule has 0 aliphatic heterocycles. The Bertz CT molecular complexity index is 341. The number of nitrogens with one attached hydrogen (secondary N) is 1. The second-order valence-corrected chi connectivity index (χ2v) is 3.82. The van der Waals surface area contributed by atoms with E-state index in [1.807, 2.05) is 19.1 Å². The first-order valence-corrected chi connectivity index (χ1v) is 5.25. The van der Waals surface area contributed by atoms with Crippen molar-refractivity contribution in [2.45, 2.75) is 19.1 Å². The van der Waals surface area contributed by atoms with Crippen molar-refractivity contribution < 1.29 is 14.9 Å². The summed E-state index contributed by atoms with van der Waals surface area (Å²) in [6.07, 6.45) is -1.79. The van der Waals surface area contributed by atoms with Crippen molar-refractivity contribution in [3.05, 3.63) is 29.3 Å². The Morgan fingerprint density at radius 1 is 1.38 bits per heavy atom. The lowest BCUT2D eigenvalue weighted by molar-refractivity contribution is 0.0189. The van der Waals surface area contributed by atoms with E-state index in [1.165, 1.54) is 0 Å². The maximum Gasteiger partial charge on any atom is 0.125 e. The number of hydrogen-bond donors (Lipinski definition) is 3. The number of methoxy groups -OCH3 is 1. The van der Waals surface area contributed by atoms with Crippen LogP contribution in [0.1, 0.15) is 17.2 Å². The molecule has 3 N–H and O–H groups in total. The van der Waals surface area contributed by atoms with Crippen molar-refractivity contribution >= 4 is 0 Å². The SMILES string of the molecule is CNCC(O)C(O)c1ccc(C)cc1OC. The van der Waals surface area contributed by atoms with Crippen LogP contribution in [0.3, 0.4) is 0 Å². The molecule has 0 amide bonds. The number of aliphatic hydroxyl groups is 2. The van der Waals surface area contributed by atoms with Gasteiger partial charge in [-0.15, -0.1) is 0 Å². The zero-order chi connectivity index (χ0) is 12.1. The van der Waals surface area contributed by atoms with Gasteiger partial charge < -0.3 is 20.3 Å². The molecule has 2 atom stereocenters. The van der Waals surface area contributed by atoms with Crippen LogP contribution in [-0.4, -0.2) is 37.0 Å². The number of likely N-dealkylation sites (N-methyl/N-ethyl adjacent to an activating group) is 1. The lowest BCUT2D eigenvalue weighted by atomic mass is 10.0. The first-order chi connectivity index (χ1) is 7.60. The molecule has 0 aliphatic rings. The van der Waals surface area contributed by atoms with Crippen LogP contribution >= 0.6 is 0 Å². The molecular weight excluding hydrogens is 206 g/mol. The third kappa shape index (κ3) is 2.95. The number of aliphatic hydroxyl groups excluding tert-OH is 2. The third-order valence-electron chi connectivity index (χ3n) is 2.49. The molecule has 0 spiro atoms. The van der Waals surface area contributed by atoms with Crippen LogP contribution in [0.25, 0.3) is 0 Å². The van der Waals surface area contributed by atoms with Crippen LogP contribution in [0.2, 0.25) is 0 Å². The number of benzene rings is 1. The summed E-state index contributed by atoms with van der Waals surface area (Å²) < 4.78 is 5.18. The molecule has 0 fully saturated rings. The molecule has 0 aromatic heterocycles. The van der Waals surface area contributed by atoms with Gasteiger partial charge in [0.25, 0.3) is 0 Å². The van der Waals surface area contributed by atoms with E-state index in [4.69, 9.17) is 4.74 Å². The van der Waals surface area contributed by atoms with Gasteiger partial charge in [0.1, 0.15) is 11.9 Å². The fourth-order valence-electron chi connectivity index (χ4n) is 1.59. The van der Waals surface area contributed by atoms with Crippen LogP contribution < -0.4 is 10.1 Å². The quantitative estimate of drug-likeness (QED) is 0.687. The summed E-state index contributed by atoms with van der Waals surface area (Å²) in [5.74, 6) is 0.600. The molecule has 16 heavy (non-hydrogen) atoms. The molecule has 0 radical (unpaired) electrons. The molecule has 0 saturated carbocycles. The minimum absolute atomic E-state index is 0.332. The first kappa shape index (κ1) is 13.0. The summed E-state index contributed by atoms with van der Waals surface area (Å²) in [6.45, 7) is 2.28. The van der Waals surface area contributed by atoms with Gasteiger partial charge in [0, 0.05) is 12.1 Å². The molecule has 4 heteroatoms. The number of aryl methyl sites for hydroxylation is 1. The zero-order valence-corrected chi connectivity index (χ0v) is 9.90. The van der Waals surface area contributed by atoms with Gasteiger partial charge >= 0.3 is 0 Å². The second-order valence-electron chi connectivity index (χ2n) is 3.82. The minimum atomic E-state index is -0.942. The minimum Gasteiger partial charge on any atom is -0.496 e. The van der Waals surface area contributed by atoms with E-state index in [0.717, 1.165) is 5.56 Å². The maximum atomic E-state index is 9.95. The average Bonchev–Trinajstić information content (AvgIpc) is 2.28. The monoisotopic (exact) mass is 225 g/mol. The van der Waals surface area contributed by atoms with Gasteiger partial charge in [-0.1, -0.05) is 12.1 Å². The largest absolute Gasteiger partial charge is 0.496 e. The molecule has 0 saturated heterocycles. The first-order valence-electron chi connectivity index (χ1n) is 5.25. The van der Waals surface area contributed by atoms with Gasteiger partial charge in [-0.25, -0.2) is 0 Å². The van der Waals surface area contributed by atoms with Gasteiger partial charge in [-0.05, 0) is 25.6 Å². The Labute approximate surface area is 95.9 Å². The van der Waals surface area contributed by atoms with Gasteiger partial charge in [-0.3, -0.25) is 0 Å². The van der Waals surface area contributed by atoms with Crippen molar-refractivity contribution in [1.29, 1.82) is 0 Å². The molecule has 2 unspecified atom stereocenters. The molecule has 4 nitrogen and oxygen atoms in total. The molecule has 1 rings (SSSR count). The van der Waals surface area contributed by atoms with Gasteiger partial charge in [-0.2, -0.15) is 0 Å². The normalized spacial score (nSPS) is 14.6. The Hall–Kier alpha value is -1.10. The van der Waals surface area contributed by atoms with Crippen LogP contribution in [-0.2, 0) is 0 Å². The van der Waals surface area contributed by atoms with E-state index >= 15 is 0 Å². The Kier molecular flexibility index (Phi) is 4.73. The van der Waals surface area contributed by atoms with E-state index in [0.29, 0.717) is 17.9 Å². The fourth-order valence-corrected chi connectivity index (χ4v) is 1.59. The maximum absolute atomic E-state index is 9.95. The highest BCUT2D eigenvalue weighted by atomic mass is 16.5. The molecule has 0 aliphatic carbocycles. The topological polar surface area (TPSA) is 61.7 Å². The van der Waals surface area contributed by atoms with Crippen LogP contribution in [0, 0.1) is 6.92 Å². The lowest BCUT2D eigenvalue weighted by Crippen LogP contribution is -2.29. The number of rotatable bonds is 5. The highest BCUT2D eigenvalue weighted by Gasteiger charge is 2.20. The molecule has 1 aromatic rings. The van der Waals surface area contributed by atoms with Crippen molar-refractivity contribution in [1.82, 2.24) is 5.32 Å². The van der Waals surface area contributed by atoms with Crippen molar-refractivity contribution in [3.8, 4) is 5.75 Å². The molecule has 90 valence electrons. The van der Waals surface area contributed by atoms with Crippen molar-refractivity contribution in [2.75, 3.05) is 20.7 Å². The molecular formula is C12H19NO3. The highest BCUT2D eigenvalue weighted by molar-refractivity contribution is 5.39. The van der Waals surface area contributed by atoms with E-state index in [2.05, 4.69) is 5.32 Å². The summed E-state index contributed by atoms with van der Waals surface area (Å²) >= 11 is 0. The smallest absolute Gasteiger partial charge is 0.125 e. The Morgan fingerprint density at radius 3 is 2.62 bits per heavy atom.